The quantitative estimate of drug-likeness (QED) is 0.601. The first-order valence-electron chi connectivity index (χ1n) is 3.96. The molecule has 0 saturated carbocycles. The Bertz CT molecular complexity index is 291. The maximum absolute atomic E-state index is 10.6. The molecule has 1 aromatic heterocycles. The SMILES string of the molecule is [CH3][Sn]([CH3])([CH3])[c]1cccnc1C=O. The molecule has 3 heteroatoms. The van der Waals surface area contributed by atoms with Gasteiger partial charge in [-0.05, 0) is 0 Å². The number of hydrogen-bond acceptors (Lipinski definition) is 2. The fraction of sp³-hybridized carbons (Fsp3) is 0.333. The van der Waals surface area contributed by atoms with Crippen molar-refractivity contribution in [3.63, 3.8) is 0 Å². The van der Waals surface area contributed by atoms with Crippen molar-refractivity contribution in [2.45, 2.75) is 14.8 Å². The van der Waals surface area contributed by atoms with E-state index in [4.69, 9.17) is 0 Å². The molecule has 64 valence electrons. The van der Waals surface area contributed by atoms with Crippen molar-refractivity contribution >= 4 is 28.2 Å². The molecular weight excluding hydrogens is 257 g/mol. The van der Waals surface area contributed by atoms with Gasteiger partial charge in [0.15, 0.2) is 0 Å². The van der Waals surface area contributed by atoms with E-state index in [-0.39, 0.29) is 0 Å². The second kappa shape index (κ2) is 3.56. The molecule has 0 bridgehead atoms. The molecule has 12 heavy (non-hydrogen) atoms. The average molecular weight is 270 g/mol. The topological polar surface area (TPSA) is 30.0 Å². The monoisotopic (exact) mass is 271 g/mol. The third kappa shape index (κ3) is 2.06. The average Bonchev–Trinajstić information content (AvgIpc) is 2.03. The van der Waals surface area contributed by atoms with Gasteiger partial charge in [0.1, 0.15) is 0 Å². The van der Waals surface area contributed by atoms with Crippen LogP contribution in [-0.4, -0.2) is 29.6 Å². The molecule has 0 radical (unpaired) electrons. The number of pyridine rings is 1. The van der Waals surface area contributed by atoms with Crippen LogP contribution in [-0.2, 0) is 0 Å². The summed E-state index contributed by atoms with van der Waals surface area (Å²) in [7, 11) is 0. The number of nitrogens with zero attached hydrogens (tertiary/aromatic N) is 1. The van der Waals surface area contributed by atoms with E-state index in [0.717, 1.165) is 6.29 Å². The van der Waals surface area contributed by atoms with Crippen LogP contribution in [0.25, 0.3) is 0 Å². The molecule has 0 spiro atoms. The van der Waals surface area contributed by atoms with E-state index in [1.54, 1.807) is 6.20 Å². The van der Waals surface area contributed by atoms with Gasteiger partial charge in [-0.25, -0.2) is 0 Å². The third-order valence-corrected chi connectivity index (χ3v) is 7.58. The van der Waals surface area contributed by atoms with E-state index in [1.807, 2.05) is 12.1 Å². The van der Waals surface area contributed by atoms with Crippen LogP contribution in [0.2, 0.25) is 14.8 Å². The summed E-state index contributed by atoms with van der Waals surface area (Å²) < 4.78 is 1.21. The summed E-state index contributed by atoms with van der Waals surface area (Å²) >= 11 is -2.10. The molecule has 1 aromatic rings. The Balaban J connectivity index is 3.23. The molecule has 0 N–H and O–H groups in total. The molecular formula is C9H13NOSn. The summed E-state index contributed by atoms with van der Waals surface area (Å²) in [6.07, 6.45) is 2.53. The summed E-state index contributed by atoms with van der Waals surface area (Å²) in [4.78, 5) is 21.5. The predicted octanol–water partition coefficient (Wildman–Crippen LogP) is 1.44. The van der Waals surface area contributed by atoms with Crippen molar-refractivity contribution in [2.75, 3.05) is 0 Å². The number of carbonyl (C=O) groups is 1. The number of aromatic nitrogens is 1. The number of carbonyl (C=O) groups excluding carboxylic acids is 1. The summed E-state index contributed by atoms with van der Waals surface area (Å²) in [6, 6.07) is 3.94. The Hall–Kier alpha value is -0.381. The first-order valence-corrected chi connectivity index (χ1v) is 14.0. The van der Waals surface area contributed by atoms with Gasteiger partial charge in [0, 0.05) is 0 Å². The van der Waals surface area contributed by atoms with Crippen LogP contribution in [0.4, 0.5) is 0 Å². The van der Waals surface area contributed by atoms with Gasteiger partial charge in [-0.1, -0.05) is 0 Å². The minimum atomic E-state index is -2.10. The standard InChI is InChI=1S/C6H4NO.3CH3.Sn/c8-5-6-3-1-2-4-7-6;;;;/h1-2,4-5H;3*1H3;. The first kappa shape index (κ1) is 9.70. The van der Waals surface area contributed by atoms with Crippen LogP contribution in [0.1, 0.15) is 10.5 Å². The Morgan fingerprint density at radius 1 is 1.42 bits per heavy atom. The van der Waals surface area contributed by atoms with Crippen LogP contribution in [0.15, 0.2) is 18.3 Å². The van der Waals surface area contributed by atoms with Gasteiger partial charge in [-0.15, -0.1) is 0 Å². The summed E-state index contributed by atoms with van der Waals surface area (Å²) in [5.74, 6) is 0. The van der Waals surface area contributed by atoms with Crippen LogP contribution < -0.4 is 3.58 Å². The van der Waals surface area contributed by atoms with Crippen LogP contribution in [0.5, 0.6) is 0 Å². The molecule has 0 amide bonds. The Morgan fingerprint density at radius 2 is 2.08 bits per heavy atom. The number of aldehydes is 1. The molecule has 0 aliphatic carbocycles. The Morgan fingerprint density at radius 3 is 2.50 bits per heavy atom. The zero-order valence-corrected chi connectivity index (χ0v) is 10.5. The summed E-state index contributed by atoms with van der Waals surface area (Å²) in [5, 5.41) is 0. The fourth-order valence-corrected chi connectivity index (χ4v) is 5.39. The van der Waals surface area contributed by atoms with Crippen molar-refractivity contribution in [3.05, 3.63) is 24.0 Å². The molecule has 0 aliphatic rings. The normalized spacial score (nSPS) is 11.2. The first-order chi connectivity index (χ1) is 5.55. The molecule has 0 fully saturated rings. The molecule has 0 aromatic carbocycles. The van der Waals surface area contributed by atoms with Gasteiger partial charge in [-0.2, -0.15) is 0 Å². The van der Waals surface area contributed by atoms with Crippen molar-refractivity contribution in [3.8, 4) is 0 Å². The van der Waals surface area contributed by atoms with Crippen LogP contribution in [0, 0.1) is 0 Å². The predicted molar refractivity (Wildman–Crippen MR) is 52.6 cm³/mol. The Labute approximate surface area is 76.9 Å². The zero-order chi connectivity index (χ0) is 9.19. The third-order valence-electron chi connectivity index (χ3n) is 1.76. The van der Waals surface area contributed by atoms with E-state index in [9.17, 15) is 4.79 Å². The van der Waals surface area contributed by atoms with E-state index < -0.39 is 18.4 Å². The van der Waals surface area contributed by atoms with Crippen molar-refractivity contribution in [2.24, 2.45) is 0 Å². The Kier molecular flexibility index (Phi) is 2.88. The molecule has 0 atom stereocenters. The van der Waals surface area contributed by atoms with E-state index in [2.05, 4.69) is 19.8 Å². The summed E-state index contributed by atoms with van der Waals surface area (Å²) in [5.41, 5.74) is 0.640. The maximum atomic E-state index is 10.6. The van der Waals surface area contributed by atoms with Crippen molar-refractivity contribution in [1.82, 2.24) is 4.98 Å². The van der Waals surface area contributed by atoms with Gasteiger partial charge in [0.25, 0.3) is 0 Å². The van der Waals surface area contributed by atoms with Crippen molar-refractivity contribution < 1.29 is 4.79 Å². The van der Waals surface area contributed by atoms with Gasteiger partial charge in [0.05, 0.1) is 0 Å². The molecule has 1 heterocycles. The second-order valence-corrected chi connectivity index (χ2v) is 18.2. The minimum absolute atomic E-state index is 0.640. The van der Waals surface area contributed by atoms with E-state index in [0.29, 0.717) is 5.69 Å². The second-order valence-electron chi connectivity index (χ2n) is 3.80. The molecule has 1 rings (SSSR count). The molecule has 2 nitrogen and oxygen atoms in total. The van der Waals surface area contributed by atoms with Gasteiger partial charge >= 0.3 is 76.9 Å². The van der Waals surface area contributed by atoms with Gasteiger partial charge < -0.3 is 0 Å². The van der Waals surface area contributed by atoms with Crippen LogP contribution in [0.3, 0.4) is 0 Å². The number of hydrogen-bond donors (Lipinski definition) is 0. The van der Waals surface area contributed by atoms with Gasteiger partial charge in [-0.3, -0.25) is 0 Å². The number of rotatable bonds is 2. The molecule has 0 unspecified atom stereocenters. The summed E-state index contributed by atoms with van der Waals surface area (Å²) in [6.45, 7) is 0. The van der Waals surface area contributed by atoms with E-state index in [1.165, 1.54) is 3.58 Å². The van der Waals surface area contributed by atoms with E-state index >= 15 is 0 Å². The fourth-order valence-electron chi connectivity index (χ4n) is 1.15. The van der Waals surface area contributed by atoms with Gasteiger partial charge in [0.2, 0.25) is 0 Å². The van der Waals surface area contributed by atoms with Crippen molar-refractivity contribution in [1.29, 1.82) is 0 Å². The molecule has 0 aliphatic heterocycles. The zero-order valence-electron chi connectivity index (χ0n) is 7.66. The van der Waals surface area contributed by atoms with Crippen LogP contribution >= 0.6 is 0 Å². The molecule has 0 saturated heterocycles.